The van der Waals surface area contributed by atoms with Crippen molar-refractivity contribution in [2.75, 3.05) is 0 Å². The normalized spacial score (nSPS) is 10.7. The molecule has 0 bridgehead atoms. The number of fused-ring (bicyclic) bond motifs is 1. The van der Waals surface area contributed by atoms with Crippen LogP contribution in [0.1, 0.15) is 0 Å². The lowest BCUT2D eigenvalue weighted by molar-refractivity contribution is 1.18. The van der Waals surface area contributed by atoms with Gasteiger partial charge < -0.3 is 4.34 Å². The molecule has 0 saturated heterocycles. The predicted octanol–water partition coefficient (Wildman–Crippen LogP) is 1.72. The smallest absolute Gasteiger partial charge is 0.224 e. The van der Waals surface area contributed by atoms with Gasteiger partial charge in [-0.05, 0) is 27.1 Å². The second kappa shape index (κ2) is 2.43. The van der Waals surface area contributed by atoms with E-state index >= 15 is 0 Å². The van der Waals surface area contributed by atoms with Gasteiger partial charge in [0.15, 0.2) is 0 Å². The quantitative estimate of drug-likeness (QED) is 0.462. The van der Waals surface area contributed by atoms with Gasteiger partial charge in [-0.25, -0.2) is 4.98 Å². The highest BCUT2D eigenvalue weighted by molar-refractivity contribution is 7.14. The zero-order chi connectivity index (χ0) is 7.84. The Morgan fingerprint density at radius 3 is 3.18 bits per heavy atom. The van der Waals surface area contributed by atoms with Crippen molar-refractivity contribution in [1.29, 1.82) is 0 Å². The number of hydrogen-bond donors (Lipinski definition) is 0. The van der Waals surface area contributed by atoms with Crippen LogP contribution in [0.5, 0.6) is 0 Å². The van der Waals surface area contributed by atoms with Gasteiger partial charge >= 0.3 is 0 Å². The van der Waals surface area contributed by atoms with Crippen LogP contribution in [-0.4, -0.2) is 14.3 Å². The van der Waals surface area contributed by atoms with E-state index < -0.39 is 0 Å². The molecule has 5 heteroatoms. The molecule has 3 nitrogen and oxygen atoms in total. The average Bonchev–Trinajstić information content (AvgIpc) is 2.33. The van der Waals surface area contributed by atoms with Gasteiger partial charge in [-0.1, -0.05) is 0 Å². The maximum absolute atomic E-state index is 5.60. The molecular weight excluding hydrogens is 181 g/mol. The standard InChI is InChI=1S/C6H5ClN3P/c7-6-8-3-4-1-2-10(11)5(4)9-6/h1-3H,11H2. The van der Waals surface area contributed by atoms with E-state index in [1.807, 2.05) is 16.6 Å². The molecule has 0 aromatic carbocycles. The van der Waals surface area contributed by atoms with Crippen molar-refractivity contribution in [3.05, 3.63) is 23.7 Å². The van der Waals surface area contributed by atoms with Crippen LogP contribution in [0.3, 0.4) is 0 Å². The summed E-state index contributed by atoms with van der Waals surface area (Å²) < 4.78 is 1.82. The Morgan fingerprint density at radius 1 is 1.55 bits per heavy atom. The van der Waals surface area contributed by atoms with E-state index in [0.717, 1.165) is 11.0 Å². The lowest BCUT2D eigenvalue weighted by Crippen LogP contribution is -1.84. The molecule has 0 spiro atoms. The molecule has 0 fully saturated rings. The zero-order valence-electron chi connectivity index (χ0n) is 5.53. The maximum atomic E-state index is 5.60. The molecule has 56 valence electrons. The first kappa shape index (κ1) is 7.01. The van der Waals surface area contributed by atoms with E-state index in [1.165, 1.54) is 0 Å². The third kappa shape index (κ3) is 1.10. The molecule has 0 amide bonds. The van der Waals surface area contributed by atoms with Crippen LogP contribution < -0.4 is 0 Å². The minimum absolute atomic E-state index is 0.278. The second-order valence-electron chi connectivity index (χ2n) is 2.14. The van der Waals surface area contributed by atoms with Crippen LogP contribution in [0, 0.1) is 0 Å². The summed E-state index contributed by atoms with van der Waals surface area (Å²) >= 11 is 5.60. The summed E-state index contributed by atoms with van der Waals surface area (Å²) in [5.41, 5.74) is 0.829. The van der Waals surface area contributed by atoms with Crippen LogP contribution >= 0.6 is 21.0 Å². The highest BCUT2D eigenvalue weighted by Crippen LogP contribution is 2.15. The van der Waals surface area contributed by atoms with Gasteiger partial charge in [0.2, 0.25) is 5.28 Å². The molecule has 11 heavy (non-hydrogen) atoms. The minimum atomic E-state index is 0.278. The molecule has 1 unspecified atom stereocenters. The first-order valence-electron chi connectivity index (χ1n) is 3.02. The molecule has 2 aromatic heterocycles. The number of rotatable bonds is 0. The van der Waals surface area contributed by atoms with Crippen LogP contribution in [0.4, 0.5) is 0 Å². The number of hydrogen-bond acceptors (Lipinski definition) is 2. The molecule has 1 atom stereocenters. The van der Waals surface area contributed by atoms with Crippen molar-refractivity contribution in [1.82, 2.24) is 14.3 Å². The molecule has 0 aliphatic heterocycles. The number of nitrogens with zero attached hydrogens (tertiary/aromatic N) is 3. The summed E-state index contributed by atoms with van der Waals surface area (Å²) in [6.07, 6.45) is 3.59. The van der Waals surface area contributed by atoms with Gasteiger partial charge in [0.05, 0.1) is 0 Å². The average molecular weight is 186 g/mol. The first-order chi connectivity index (χ1) is 5.27. The van der Waals surface area contributed by atoms with E-state index in [9.17, 15) is 0 Å². The van der Waals surface area contributed by atoms with Crippen molar-refractivity contribution in [3.63, 3.8) is 0 Å². The summed E-state index contributed by atoms with van der Waals surface area (Å²) in [7, 11) is 2.52. The summed E-state index contributed by atoms with van der Waals surface area (Å²) in [5, 5.41) is 1.27. The Bertz CT molecular complexity index is 398. The molecule has 0 aliphatic rings. The fourth-order valence-corrected chi connectivity index (χ4v) is 1.34. The van der Waals surface area contributed by atoms with Crippen LogP contribution in [0.15, 0.2) is 18.5 Å². The second-order valence-corrected chi connectivity index (χ2v) is 3.04. The first-order valence-corrected chi connectivity index (χ1v) is 3.91. The lowest BCUT2D eigenvalue weighted by atomic mass is 10.4. The Labute approximate surface area is 70.7 Å². The Kier molecular flexibility index (Phi) is 1.55. The fourth-order valence-electron chi connectivity index (χ4n) is 0.917. The highest BCUT2D eigenvalue weighted by Gasteiger charge is 1.99. The van der Waals surface area contributed by atoms with E-state index in [-0.39, 0.29) is 5.28 Å². The van der Waals surface area contributed by atoms with Crippen molar-refractivity contribution in [3.8, 4) is 0 Å². The van der Waals surface area contributed by atoms with E-state index in [0.29, 0.717) is 0 Å². The monoisotopic (exact) mass is 185 g/mol. The SMILES string of the molecule is Pn1ccc2cnc(Cl)nc21. The van der Waals surface area contributed by atoms with Crippen molar-refractivity contribution < 1.29 is 0 Å². The molecule has 0 aliphatic carbocycles. The largest absolute Gasteiger partial charge is 0.317 e. The highest BCUT2D eigenvalue weighted by atomic mass is 35.5. The van der Waals surface area contributed by atoms with Crippen molar-refractivity contribution in [2.24, 2.45) is 0 Å². The Hall–Kier alpha value is -0.660. The van der Waals surface area contributed by atoms with Crippen LogP contribution in [0.2, 0.25) is 5.28 Å². The van der Waals surface area contributed by atoms with E-state index in [4.69, 9.17) is 11.6 Å². The van der Waals surface area contributed by atoms with Crippen molar-refractivity contribution >= 4 is 32.0 Å². The summed E-state index contributed by atoms with van der Waals surface area (Å²) in [5.74, 6) is 0. The van der Waals surface area contributed by atoms with Gasteiger partial charge in [0.25, 0.3) is 0 Å². The summed E-state index contributed by atoms with van der Waals surface area (Å²) in [6.45, 7) is 0. The number of halogens is 1. The van der Waals surface area contributed by atoms with Gasteiger partial charge in [-0.15, -0.1) is 0 Å². The summed E-state index contributed by atoms with van der Waals surface area (Å²) in [4.78, 5) is 7.88. The van der Waals surface area contributed by atoms with E-state index in [1.54, 1.807) is 6.20 Å². The molecular formula is C6H5ClN3P. The third-order valence-corrected chi connectivity index (χ3v) is 2.02. The molecule has 2 rings (SSSR count). The molecule has 0 saturated carbocycles. The minimum Gasteiger partial charge on any atom is -0.317 e. The molecule has 2 heterocycles. The fraction of sp³-hybridized carbons (Fsp3) is 0. The lowest BCUT2D eigenvalue weighted by Gasteiger charge is -1.93. The Balaban J connectivity index is 2.87. The molecule has 0 radical (unpaired) electrons. The Morgan fingerprint density at radius 2 is 2.36 bits per heavy atom. The van der Waals surface area contributed by atoms with Crippen LogP contribution in [0.25, 0.3) is 11.0 Å². The van der Waals surface area contributed by atoms with Crippen molar-refractivity contribution in [2.45, 2.75) is 0 Å². The molecule has 2 aromatic rings. The number of aromatic nitrogens is 3. The van der Waals surface area contributed by atoms with Gasteiger partial charge in [-0.2, -0.15) is 4.98 Å². The molecule has 0 N–H and O–H groups in total. The van der Waals surface area contributed by atoms with Gasteiger partial charge in [0.1, 0.15) is 5.65 Å². The maximum Gasteiger partial charge on any atom is 0.224 e. The summed E-state index contributed by atoms with van der Waals surface area (Å²) in [6, 6.07) is 1.93. The van der Waals surface area contributed by atoms with Gasteiger partial charge in [-0.3, -0.25) is 0 Å². The third-order valence-electron chi connectivity index (χ3n) is 1.43. The predicted molar refractivity (Wildman–Crippen MR) is 47.6 cm³/mol. The van der Waals surface area contributed by atoms with Gasteiger partial charge in [0, 0.05) is 17.8 Å². The van der Waals surface area contributed by atoms with Crippen LogP contribution in [-0.2, 0) is 0 Å². The van der Waals surface area contributed by atoms with E-state index in [2.05, 4.69) is 19.4 Å². The topological polar surface area (TPSA) is 30.7 Å². The zero-order valence-corrected chi connectivity index (χ0v) is 7.44.